The van der Waals surface area contributed by atoms with Crippen LogP contribution in [-0.2, 0) is 0 Å². The number of benzene rings is 1. The number of hydrogen-bond acceptors (Lipinski definition) is 2. The lowest BCUT2D eigenvalue weighted by Gasteiger charge is -2.27. The second-order valence-corrected chi connectivity index (χ2v) is 6.76. The summed E-state index contributed by atoms with van der Waals surface area (Å²) >= 11 is 0. The van der Waals surface area contributed by atoms with E-state index in [1.54, 1.807) is 0 Å². The highest BCUT2D eigenvalue weighted by Crippen LogP contribution is 2.24. The molecule has 24 heavy (non-hydrogen) atoms. The van der Waals surface area contributed by atoms with E-state index < -0.39 is 0 Å². The first-order valence-corrected chi connectivity index (χ1v) is 8.97. The molecule has 3 nitrogen and oxygen atoms in total. The normalized spacial score (nSPS) is 15.8. The molecule has 1 saturated carbocycles. The van der Waals surface area contributed by atoms with Gasteiger partial charge in [0, 0.05) is 18.7 Å². The quantitative estimate of drug-likeness (QED) is 0.757. The van der Waals surface area contributed by atoms with Gasteiger partial charge in [0.05, 0.1) is 17.0 Å². The molecule has 0 bridgehead atoms. The minimum Gasteiger partial charge on any atom is -0.339 e. The Hall–Kier alpha value is -2.16. The van der Waals surface area contributed by atoms with Gasteiger partial charge < -0.3 is 4.90 Å². The van der Waals surface area contributed by atoms with Gasteiger partial charge in [0.15, 0.2) is 0 Å². The number of pyridine rings is 1. The van der Waals surface area contributed by atoms with Gasteiger partial charge in [-0.25, -0.2) is 0 Å². The molecule has 1 aromatic carbocycles. The predicted molar refractivity (Wildman–Crippen MR) is 98.0 cm³/mol. The van der Waals surface area contributed by atoms with E-state index in [9.17, 15) is 4.79 Å². The summed E-state index contributed by atoms with van der Waals surface area (Å²) in [4.78, 5) is 19.5. The molecule has 1 aromatic heterocycles. The summed E-state index contributed by atoms with van der Waals surface area (Å²) in [5.41, 5.74) is 3.53. The summed E-state index contributed by atoms with van der Waals surface area (Å²) in [5, 5.41) is 0. The maximum atomic E-state index is 12.9. The average Bonchev–Trinajstić information content (AvgIpc) is 2.90. The van der Waals surface area contributed by atoms with Gasteiger partial charge in [-0.15, -0.1) is 0 Å². The Balaban J connectivity index is 1.80. The zero-order valence-corrected chi connectivity index (χ0v) is 14.7. The van der Waals surface area contributed by atoms with Crippen molar-refractivity contribution in [2.75, 3.05) is 7.05 Å². The Morgan fingerprint density at radius 3 is 2.29 bits per heavy atom. The van der Waals surface area contributed by atoms with Gasteiger partial charge in [-0.1, -0.05) is 56.0 Å². The molecule has 1 aliphatic carbocycles. The van der Waals surface area contributed by atoms with Gasteiger partial charge in [0.1, 0.15) is 0 Å². The Bertz CT molecular complexity index is 688. The van der Waals surface area contributed by atoms with Crippen molar-refractivity contribution < 1.29 is 4.79 Å². The van der Waals surface area contributed by atoms with Crippen LogP contribution in [0.1, 0.15) is 54.6 Å². The zero-order chi connectivity index (χ0) is 16.9. The topological polar surface area (TPSA) is 33.2 Å². The monoisotopic (exact) mass is 322 g/mol. The van der Waals surface area contributed by atoms with Crippen molar-refractivity contribution in [2.45, 2.75) is 51.5 Å². The molecule has 1 amide bonds. The van der Waals surface area contributed by atoms with Gasteiger partial charge in [-0.3, -0.25) is 9.78 Å². The van der Waals surface area contributed by atoms with E-state index in [-0.39, 0.29) is 5.91 Å². The molecule has 2 aromatic rings. The molecule has 0 radical (unpaired) electrons. The third kappa shape index (κ3) is 3.66. The van der Waals surface area contributed by atoms with Crippen molar-refractivity contribution in [1.29, 1.82) is 0 Å². The van der Waals surface area contributed by atoms with Crippen LogP contribution in [0.15, 0.2) is 42.5 Å². The van der Waals surface area contributed by atoms with E-state index in [0.29, 0.717) is 6.04 Å². The molecule has 0 aliphatic heterocycles. The fourth-order valence-electron chi connectivity index (χ4n) is 3.56. The summed E-state index contributed by atoms with van der Waals surface area (Å²) in [6, 6.07) is 14.3. The van der Waals surface area contributed by atoms with Gasteiger partial charge in [-0.05, 0) is 31.9 Å². The first-order chi connectivity index (χ1) is 11.7. The Labute approximate surface area is 144 Å². The first-order valence-electron chi connectivity index (χ1n) is 8.97. The molecule has 0 spiro atoms. The zero-order valence-electron chi connectivity index (χ0n) is 14.7. The van der Waals surface area contributed by atoms with E-state index in [1.165, 1.54) is 25.7 Å². The molecule has 3 rings (SSSR count). The van der Waals surface area contributed by atoms with Crippen molar-refractivity contribution in [2.24, 2.45) is 0 Å². The summed E-state index contributed by atoms with van der Waals surface area (Å²) in [7, 11) is 1.95. The van der Waals surface area contributed by atoms with Gasteiger partial charge in [0.2, 0.25) is 0 Å². The number of nitrogens with zero attached hydrogens (tertiary/aromatic N) is 2. The second kappa shape index (κ2) is 7.61. The van der Waals surface area contributed by atoms with Crippen LogP contribution < -0.4 is 0 Å². The van der Waals surface area contributed by atoms with Crippen LogP contribution in [0.4, 0.5) is 0 Å². The molecule has 0 unspecified atom stereocenters. The minimum atomic E-state index is 0.103. The smallest absolute Gasteiger partial charge is 0.255 e. The predicted octanol–water partition coefficient (Wildman–Crippen LogP) is 4.85. The summed E-state index contributed by atoms with van der Waals surface area (Å²) in [6.07, 6.45) is 7.29. The summed E-state index contributed by atoms with van der Waals surface area (Å²) in [6.45, 7) is 1.93. The number of rotatable bonds is 3. The van der Waals surface area contributed by atoms with Crippen molar-refractivity contribution >= 4 is 5.91 Å². The highest BCUT2D eigenvalue weighted by molar-refractivity contribution is 5.95. The highest BCUT2D eigenvalue weighted by Gasteiger charge is 2.23. The maximum Gasteiger partial charge on any atom is 0.255 e. The lowest BCUT2D eigenvalue weighted by Crippen LogP contribution is -2.37. The molecule has 3 heteroatoms. The van der Waals surface area contributed by atoms with E-state index in [1.807, 2.05) is 61.3 Å². The maximum absolute atomic E-state index is 12.9. The van der Waals surface area contributed by atoms with Gasteiger partial charge in [-0.2, -0.15) is 0 Å². The Morgan fingerprint density at radius 1 is 1.00 bits per heavy atom. The van der Waals surface area contributed by atoms with E-state index in [4.69, 9.17) is 0 Å². The highest BCUT2D eigenvalue weighted by atomic mass is 16.2. The number of carbonyl (C=O) groups excluding carboxylic acids is 1. The average molecular weight is 322 g/mol. The molecule has 0 atom stereocenters. The van der Waals surface area contributed by atoms with Crippen LogP contribution in [0.3, 0.4) is 0 Å². The second-order valence-electron chi connectivity index (χ2n) is 6.76. The molecular formula is C21H26N2O. The van der Waals surface area contributed by atoms with E-state index in [2.05, 4.69) is 4.98 Å². The van der Waals surface area contributed by atoms with Crippen molar-refractivity contribution in [3.05, 3.63) is 53.7 Å². The van der Waals surface area contributed by atoms with Crippen molar-refractivity contribution in [3.63, 3.8) is 0 Å². The van der Waals surface area contributed by atoms with Crippen LogP contribution in [0.5, 0.6) is 0 Å². The fourth-order valence-corrected chi connectivity index (χ4v) is 3.56. The number of aryl methyl sites for hydroxylation is 1. The number of aromatic nitrogens is 1. The van der Waals surface area contributed by atoms with Crippen molar-refractivity contribution in [3.8, 4) is 11.3 Å². The van der Waals surface area contributed by atoms with Crippen LogP contribution in [0.25, 0.3) is 11.3 Å². The molecule has 1 heterocycles. The number of hydrogen-bond donors (Lipinski definition) is 0. The lowest BCUT2D eigenvalue weighted by atomic mass is 10.0. The number of carbonyl (C=O) groups is 1. The van der Waals surface area contributed by atoms with Crippen LogP contribution in [0.2, 0.25) is 0 Å². The van der Waals surface area contributed by atoms with Crippen LogP contribution in [0, 0.1) is 6.92 Å². The molecule has 0 N–H and O–H groups in total. The summed E-state index contributed by atoms with van der Waals surface area (Å²) < 4.78 is 0. The first kappa shape index (κ1) is 16.7. The Kier molecular flexibility index (Phi) is 5.29. The van der Waals surface area contributed by atoms with Crippen LogP contribution >= 0.6 is 0 Å². The van der Waals surface area contributed by atoms with Crippen LogP contribution in [-0.4, -0.2) is 28.9 Å². The van der Waals surface area contributed by atoms with E-state index in [0.717, 1.165) is 35.4 Å². The van der Waals surface area contributed by atoms with E-state index >= 15 is 0 Å². The standard InChI is InChI=1S/C21H26N2O/c1-16-19(14-15-20(22-16)17-10-6-5-7-11-17)21(24)23(2)18-12-8-3-4-9-13-18/h5-7,10-11,14-15,18H,3-4,8-9,12-13H2,1-2H3. The SMILES string of the molecule is Cc1nc(-c2ccccc2)ccc1C(=O)N(C)C1CCCCCC1. The number of amides is 1. The van der Waals surface area contributed by atoms with Crippen molar-refractivity contribution in [1.82, 2.24) is 9.88 Å². The minimum absolute atomic E-state index is 0.103. The lowest BCUT2D eigenvalue weighted by molar-refractivity contribution is 0.0716. The summed E-state index contributed by atoms with van der Waals surface area (Å²) in [5.74, 6) is 0.103. The fraction of sp³-hybridized carbons (Fsp3) is 0.429. The molecule has 1 aliphatic rings. The molecule has 126 valence electrons. The molecular weight excluding hydrogens is 296 g/mol. The largest absolute Gasteiger partial charge is 0.339 e. The third-order valence-corrected chi connectivity index (χ3v) is 5.08. The van der Waals surface area contributed by atoms with Gasteiger partial charge in [0.25, 0.3) is 5.91 Å². The molecule has 0 saturated heterocycles. The molecule has 1 fully saturated rings. The third-order valence-electron chi connectivity index (χ3n) is 5.08. The van der Waals surface area contributed by atoms with Gasteiger partial charge >= 0.3 is 0 Å². The Morgan fingerprint density at radius 2 is 1.67 bits per heavy atom.